The Bertz CT molecular complexity index is 45.8. The molecule has 0 saturated heterocycles. The van der Waals surface area contributed by atoms with Gasteiger partial charge in [0.1, 0.15) is 0 Å². The molecule has 3 N–H and O–H groups in total. The molecule has 0 saturated carbocycles. The van der Waals surface area contributed by atoms with Crippen LogP contribution in [0.1, 0.15) is 6.92 Å². The van der Waals surface area contributed by atoms with E-state index in [-0.39, 0.29) is 0 Å². The minimum atomic E-state index is 0.544. The van der Waals surface area contributed by atoms with Gasteiger partial charge < -0.3 is 11.1 Å². The second-order valence-electron chi connectivity index (χ2n) is 2.01. The van der Waals surface area contributed by atoms with Gasteiger partial charge in [0.05, 0.1) is 0 Å². The lowest BCUT2D eigenvalue weighted by atomic mass is 10.1. The molecule has 49 valence electrons. The highest BCUT2D eigenvalue weighted by atomic mass is 14.8. The maximum Gasteiger partial charge on any atom is -0.00173 e. The van der Waals surface area contributed by atoms with Crippen molar-refractivity contribution in [3.05, 3.63) is 6.42 Å². The topological polar surface area (TPSA) is 38.0 Å². The van der Waals surface area contributed by atoms with Crippen LogP contribution in [0.3, 0.4) is 0 Å². The second kappa shape index (κ2) is 5.06. The van der Waals surface area contributed by atoms with E-state index in [0.717, 1.165) is 13.1 Å². The maximum atomic E-state index is 5.35. The lowest BCUT2D eigenvalue weighted by molar-refractivity contribution is 0.647. The quantitative estimate of drug-likeness (QED) is 0.541. The third kappa shape index (κ3) is 4.09. The van der Waals surface area contributed by atoms with Crippen LogP contribution in [0.5, 0.6) is 0 Å². The predicted octanol–water partition coefficient (Wildman–Crippen LogP) is 0.00489. The Morgan fingerprint density at radius 2 is 2.38 bits per heavy atom. The minimum Gasteiger partial charge on any atom is -0.330 e. The van der Waals surface area contributed by atoms with E-state index in [0.29, 0.717) is 5.92 Å². The zero-order chi connectivity index (χ0) is 6.41. The van der Waals surface area contributed by atoms with Crippen LogP contribution in [0.25, 0.3) is 0 Å². The van der Waals surface area contributed by atoms with Gasteiger partial charge in [-0.3, -0.25) is 0 Å². The summed E-state index contributed by atoms with van der Waals surface area (Å²) in [6.07, 6.45) is 2.17. The van der Waals surface area contributed by atoms with Gasteiger partial charge in [-0.05, 0) is 32.5 Å². The van der Waals surface area contributed by atoms with E-state index in [4.69, 9.17) is 5.73 Å². The first-order chi connectivity index (χ1) is 3.81. The van der Waals surface area contributed by atoms with Gasteiger partial charge in [0.15, 0.2) is 0 Å². The van der Waals surface area contributed by atoms with E-state index < -0.39 is 0 Å². The molecule has 0 spiro atoms. The molecular formula is C6H15N2. The first-order valence-corrected chi connectivity index (χ1v) is 2.99. The lowest BCUT2D eigenvalue weighted by Gasteiger charge is -2.04. The van der Waals surface area contributed by atoms with E-state index >= 15 is 0 Å². The molecule has 0 aromatic carbocycles. The smallest absolute Gasteiger partial charge is 0.00173 e. The predicted molar refractivity (Wildman–Crippen MR) is 36.4 cm³/mol. The Morgan fingerprint density at radius 1 is 1.75 bits per heavy atom. The van der Waals surface area contributed by atoms with E-state index in [1.165, 1.54) is 0 Å². The second-order valence-corrected chi connectivity index (χ2v) is 2.01. The average Bonchev–Trinajstić information content (AvgIpc) is 1.83. The molecule has 0 amide bonds. The highest BCUT2D eigenvalue weighted by Crippen LogP contribution is 1.93. The van der Waals surface area contributed by atoms with Gasteiger partial charge in [-0.2, -0.15) is 0 Å². The molecule has 0 heterocycles. The van der Waals surface area contributed by atoms with Gasteiger partial charge in [0.25, 0.3) is 0 Å². The first kappa shape index (κ1) is 7.92. The van der Waals surface area contributed by atoms with Crippen LogP contribution in [0, 0.1) is 12.3 Å². The van der Waals surface area contributed by atoms with Crippen molar-refractivity contribution in [3.63, 3.8) is 0 Å². The molecule has 0 aliphatic carbocycles. The van der Waals surface area contributed by atoms with Crippen molar-refractivity contribution >= 4 is 0 Å². The van der Waals surface area contributed by atoms with Crippen molar-refractivity contribution in [1.29, 1.82) is 0 Å². The zero-order valence-corrected chi connectivity index (χ0v) is 5.65. The highest BCUT2D eigenvalue weighted by molar-refractivity contribution is 4.74. The Hall–Kier alpha value is -0.0800. The van der Waals surface area contributed by atoms with Gasteiger partial charge in [0.2, 0.25) is 0 Å². The monoisotopic (exact) mass is 115 g/mol. The van der Waals surface area contributed by atoms with E-state index in [2.05, 4.69) is 18.7 Å². The number of hydrogen-bond donors (Lipinski definition) is 2. The third-order valence-electron chi connectivity index (χ3n) is 1.10. The van der Waals surface area contributed by atoms with Crippen LogP contribution in [0.4, 0.5) is 0 Å². The van der Waals surface area contributed by atoms with E-state index in [9.17, 15) is 0 Å². The number of rotatable bonds is 4. The number of nitrogens with two attached hydrogens (primary N) is 1. The Morgan fingerprint density at radius 3 is 2.75 bits per heavy atom. The SMILES string of the molecule is CNC[CH]C(C)CN. The molecular weight excluding hydrogens is 100 g/mol. The molecule has 1 unspecified atom stereocenters. The largest absolute Gasteiger partial charge is 0.330 e. The fourth-order valence-electron chi connectivity index (χ4n) is 0.415. The molecule has 2 heteroatoms. The molecule has 1 atom stereocenters. The molecule has 0 aliphatic heterocycles. The summed E-state index contributed by atoms with van der Waals surface area (Å²) in [5.41, 5.74) is 5.35. The Balaban J connectivity index is 2.86. The van der Waals surface area contributed by atoms with Gasteiger partial charge in [-0.1, -0.05) is 6.92 Å². The third-order valence-corrected chi connectivity index (χ3v) is 1.10. The fourth-order valence-corrected chi connectivity index (χ4v) is 0.415. The fraction of sp³-hybridized carbons (Fsp3) is 0.833. The standard InChI is InChI=1S/C6H15N2/c1-6(5-7)3-4-8-2/h3,6,8H,4-5,7H2,1-2H3. The molecule has 2 nitrogen and oxygen atoms in total. The molecule has 0 aromatic rings. The summed E-state index contributed by atoms with van der Waals surface area (Å²) in [4.78, 5) is 0. The summed E-state index contributed by atoms with van der Waals surface area (Å²) in [6.45, 7) is 3.82. The normalized spacial score (nSPS) is 13.9. The highest BCUT2D eigenvalue weighted by Gasteiger charge is 1.95. The van der Waals surface area contributed by atoms with Crippen molar-refractivity contribution in [2.75, 3.05) is 20.1 Å². The molecule has 0 aliphatic rings. The molecule has 0 bridgehead atoms. The summed E-state index contributed by atoms with van der Waals surface area (Å²) in [5.74, 6) is 0.544. The van der Waals surface area contributed by atoms with Crippen LogP contribution in [0.2, 0.25) is 0 Å². The van der Waals surface area contributed by atoms with Crippen LogP contribution >= 0.6 is 0 Å². The first-order valence-electron chi connectivity index (χ1n) is 2.99. The van der Waals surface area contributed by atoms with Crippen LogP contribution in [-0.4, -0.2) is 20.1 Å². The molecule has 8 heavy (non-hydrogen) atoms. The summed E-state index contributed by atoms with van der Waals surface area (Å²) in [7, 11) is 1.93. The maximum absolute atomic E-state index is 5.35. The van der Waals surface area contributed by atoms with Gasteiger partial charge >= 0.3 is 0 Å². The van der Waals surface area contributed by atoms with Gasteiger partial charge in [0, 0.05) is 0 Å². The van der Waals surface area contributed by atoms with E-state index in [1.54, 1.807) is 0 Å². The van der Waals surface area contributed by atoms with Gasteiger partial charge in [-0.25, -0.2) is 0 Å². The minimum absolute atomic E-state index is 0.544. The Kier molecular flexibility index (Phi) is 5.01. The average molecular weight is 115 g/mol. The van der Waals surface area contributed by atoms with Crippen molar-refractivity contribution in [2.24, 2.45) is 11.7 Å². The summed E-state index contributed by atoms with van der Waals surface area (Å²) in [6, 6.07) is 0. The van der Waals surface area contributed by atoms with Gasteiger partial charge in [-0.15, -0.1) is 0 Å². The number of nitrogens with one attached hydrogen (secondary N) is 1. The number of hydrogen-bond acceptors (Lipinski definition) is 2. The summed E-state index contributed by atoms with van der Waals surface area (Å²) < 4.78 is 0. The van der Waals surface area contributed by atoms with Crippen LogP contribution in [0.15, 0.2) is 0 Å². The summed E-state index contributed by atoms with van der Waals surface area (Å²) in [5, 5.41) is 3.02. The van der Waals surface area contributed by atoms with Crippen molar-refractivity contribution in [1.82, 2.24) is 5.32 Å². The van der Waals surface area contributed by atoms with Crippen LogP contribution < -0.4 is 11.1 Å². The molecule has 0 aromatic heterocycles. The van der Waals surface area contributed by atoms with E-state index in [1.807, 2.05) is 7.05 Å². The van der Waals surface area contributed by atoms with Crippen molar-refractivity contribution in [3.8, 4) is 0 Å². The van der Waals surface area contributed by atoms with Crippen LogP contribution in [-0.2, 0) is 0 Å². The molecule has 0 fully saturated rings. The van der Waals surface area contributed by atoms with Crippen molar-refractivity contribution in [2.45, 2.75) is 6.92 Å². The summed E-state index contributed by atoms with van der Waals surface area (Å²) >= 11 is 0. The van der Waals surface area contributed by atoms with Crippen molar-refractivity contribution < 1.29 is 0 Å². The lowest BCUT2D eigenvalue weighted by Crippen LogP contribution is -2.18. The zero-order valence-electron chi connectivity index (χ0n) is 5.65. The molecule has 0 rings (SSSR count). The Labute approximate surface area is 51.5 Å². The molecule has 1 radical (unpaired) electrons.